The van der Waals surface area contributed by atoms with E-state index >= 15 is 0 Å². The summed E-state index contributed by atoms with van der Waals surface area (Å²) in [5.41, 5.74) is 3.07. The Kier molecular flexibility index (Phi) is 6.24. The highest BCUT2D eigenvalue weighted by molar-refractivity contribution is 9.10. The van der Waals surface area contributed by atoms with E-state index in [1.54, 1.807) is 6.08 Å². The van der Waals surface area contributed by atoms with E-state index in [9.17, 15) is 4.39 Å². The average Bonchev–Trinajstić information content (AvgIpc) is 2.72. The molecule has 4 rings (SSSR count). The highest BCUT2D eigenvalue weighted by Crippen LogP contribution is 2.24. The number of hydrogen-bond acceptors (Lipinski definition) is 5. The van der Waals surface area contributed by atoms with Gasteiger partial charge in [0.1, 0.15) is 10.4 Å². The monoisotopic (exact) mass is 445 g/mol. The molecule has 0 aliphatic carbocycles. The third kappa shape index (κ3) is 4.90. The van der Waals surface area contributed by atoms with Gasteiger partial charge in [-0.1, -0.05) is 6.07 Å². The van der Waals surface area contributed by atoms with E-state index in [1.165, 1.54) is 11.8 Å². The molecule has 5 nitrogen and oxygen atoms in total. The summed E-state index contributed by atoms with van der Waals surface area (Å²) in [4.78, 5) is 8.89. The molecule has 1 saturated heterocycles. The number of hydrogen-bond donors (Lipinski definition) is 2. The fraction of sp³-hybridized carbons (Fsp3) is 0.381. The van der Waals surface area contributed by atoms with Gasteiger partial charge in [-0.3, -0.25) is 0 Å². The summed E-state index contributed by atoms with van der Waals surface area (Å²) in [6.07, 6.45) is 13.2. The Morgan fingerprint density at radius 3 is 2.89 bits per heavy atom. The first kappa shape index (κ1) is 19.4. The smallest absolute Gasteiger partial charge is 0.141 e. The summed E-state index contributed by atoms with van der Waals surface area (Å²) in [5, 5.41) is 6.66. The molecule has 1 aromatic rings. The molecule has 0 unspecified atom stereocenters. The van der Waals surface area contributed by atoms with E-state index < -0.39 is 0 Å². The lowest BCUT2D eigenvalue weighted by Crippen LogP contribution is -2.44. The topological polar surface area (TPSA) is 43.4 Å². The molecule has 0 saturated carbocycles. The number of halogens is 2. The van der Waals surface area contributed by atoms with Crippen LogP contribution in [-0.2, 0) is 6.54 Å². The predicted molar refractivity (Wildman–Crippen MR) is 113 cm³/mol. The maximum absolute atomic E-state index is 13.6. The van der Waals surface area contributed by atoms with E-state index in [2.05, 4.69) is 47.4 Å². The number of nitrogens with one attached hydrogen (secondary N) is 2. The normalized spacial score (nSPS) is 20.2. The number of allylic oxidation sites excluding steroid dienone is 4. The SMILES string of the molecule is FC1=CNC2=CC=CN(CCN3CCC(NCc4ccc(Br)nc4)CC3)C2=C1. The van der Waals surface area contributed by atoms with Crippen molar-refractivity contribution in [1.29, 1.82) is 0 Å². The van der Waals surface area contributed by atoms with Gasteiger partial charge in [-0.2, -0.15) is 0 Å². The zero-order chi connectivity index (χ0) is 19.3. The first-order chi connectivity index (χ1) is 13.7. The zero-order valence-corrected chi connectivity index (χ0v) is 17.3. The van der Waals surface area contributed by atoms with Gasteiger partial charge in [-0.25, -0.2) is 9.37 Å². The van der Waals surface area contributed by atoms with Crippen molar-refractivity contribution in [1.82, 2.24) is 25.4 Å². The Balaban J connectivity index is 1.21. The molecule has 0 amide bonds. The number of dihydropyridines is 1. The van der Waals surface area contributed by atoms with Crippen LogP contribution < -0.4 is 10.6 Å². The summed E-state index contributed by atoms with van der Waals surface area (Å²) in [7, 11) is 0. The number of pyridine rings is 1. The molecule has 0 aromatic carbocycles. The van der Waals surface area contributed by atoms with Crippen molar-refractivity contribution in [2.75, 3.05) is 26.2 Å². The first-order valence-corrected chi connectivity index (χ1v) is 10.5. The molecule has 148 valence electrons. The molecule has 28 heavy (non-hydrogen) atoms. The molecule has 3 aliphatic rings. The Morgan fingerprint density at radius 2 is 2.11 bits per heavy atom. The molecule has 0 spiro atoms. The largest absolute Gasteiger partial charge is 0.357 e. The third-order valence-electron chi connectivity index (χ3n) is 5.38. The maximum Gasteiger partial charge on any atom is 0.141 e. The van der Waals surface area contributed by atoms with Crippen LogP contribution in [0.3, 0.4) is 0 Å². The van der Waals surface area contributed by atoms with Gasteiger partial charge in [0.2, 0.25) is 0 Å². The molecule has 2 N–H and O–H groups in total. The van der Waals surface area contributed by atoms with Crippen molar-refractivity contribution in [2.24, 2.45) is 0 Å². The first-order valence-electron chi connectivity index (χ1n) is 9.73. The molecular weight excluding hydrogens is 421 g/mol. The second kappa shape index (κ2) is 9.03. The Bertz CT molecular complexity index is 807. The Hall–Kier alpha value is -1.96. The highest BCUT2D eigenvalue weighted by Gasteiger charge is 2.22. The molecule has 1 aromatic heterocycles. The number of rotatable bonds is 6. The highest BCUT2D eigenvalue weighted by atomic mass is 79.9. The molecule has 0 bridgehead atoms. The molecule has 7 heteroatoms. The lowest BCUT2D eigenvalue weighted by Gasteiger charge is -2.35. The second-order valence-corrected chi connectivity index (χ2v) is 8.12. The lowest BCUT2D eigenvalue weighted by atomic mass is 10.0. The number of fused-ring (bicyclic) bond motifs is 1. The van der Waals surface area contributed by atoms with Crippen molar-refractivity contribution in [3.05, 3.63) is 76.3 Å². The number of aromatic nitrogens is 1. The lowest BCUT2D eigenvalue weighted by molar-refractivity contribution is 0.186. The number of piperidine rings is 1. The summed E-state index contributed by atoms with van der Waals surface area (Å²) < 4.78 is 14.5. The van der Waals surface area contributed by atoms with Crippen molar-refractivity contribution in [2.45, 2.75) is 25.4 Å². The fourth-order valence-corrected chi connectivity index (χ4v) is 3.98. The van der Waals surface area contributed by atoms with E-state index in [1.807, 2.05) is 30.6 Å². The molecule has 1 fully saturated rings. The van der Waals surface area contributed by atoms with Crippen LogP contribution in [0.5, 0.6) is 0 Å². The number of likely N-dealkylation sites (tertiary alicyclic amines) is 1. The summed E-state index contributed by atoms with van der Waals surface area (Å²) in [6, 6.07) is 4.63. The minimum absolute atomic E-state index is 0.236. The molecule has 3 aliphatic heterocycles. The quantitative estimate of drug-likeness (QED) is 0.656. The molecule has 4 heterocycles. The van der Waals surface area contributed by atoms with Gasteiger partial charge < -0.3 is 20.4 Å². The van der Waals surface area contributed by atoms with Crippen molar-refractivity contribution in [3.63, 3.8) is 0 Å². The third-order valence-corrected chi connectivity index (χ3v) is 5.85. The Labute approximate surface area is 173 Å². The minimum atomic E-state index is -0.236. The molecule has 0 atom stereocenters. The van der Waals surface area contributed by atoms with Gasteiger partial charge >= 0.3 is 0 Å². The minimum Gasteiger partial charge on any atom is -0.357 e. The van der Waals surface area contributed by atoms with Crippen LogP contribution in [0.1, 0.15) is 18.4 Å². The summed E-state index contributed by atoms with van der Waals surface area (Å²) >= 11 is 3.37. The number of nitrogens with zero attached hydrogens (tertiary/aromatic N) is 3. The summed E-state index contributed by atoms with van der Waals surface area (Å²) in [6.45, 7) is 4.87. The van der Waals surface area contributed by atoms with Crippen LogP contribution in [0.2, 0.25) is 0 Å². The van der Waals surface area contributed by atoms with Crippen LogP contribution in [0.15, 0.2) is 70.8 Å². The van der Waals surface area contributed by atoms with Gasteiger partial charge in [-0.05, 0) is 65.6 Å². The predicted octanol–water partition coefficient (Wildman–Crippen LogP) is 3.41. The van der Waals surface area contributed by atoms with Crippen LogP contribution in [0.25, 0.3) is 0 Å². The van der Waals surface area contributed by atoms with Gasteiger partial charge in [0.05, 0.1) is 11.4 Å². The van der Waals surface area contributed by atoms with Gasteiger partial charge in [0.25, 0.3) is 0 Å². The van der Waals surface area contributed by atoms with Crippen LogP contribution in [0.4, 0.5) is 4.39 Å². The fourth-order valence-electron chi connectivity index (χ4n) is 3.74. The maximum atomic E-state index is 13.6. The van der Waals surface area contributed by atoms with E-state index in [0.29, 0.717) is 6.04 Å². The molecular formula is C21H25BrFN5. The van der Waals surface area contributed by atoms with Crippen molar-refractivity contribution < 1.29 is 4.39 Å². The van der Waals surface area contributed by atoms with Gasteiger partial charge in [-0.15, -0.1) is 0 Å². The van der Waals surface area contributed by atoms with E-state index in [-0.39, 0.29) is 5.83 Å². The van der Waals surface area contributed by atoms with Crippen LogP contribution >= 0.6 is 15.9 Å². The van der Waals surface area contributed by atoms with Crippen LogP contribution in [-0.4, -0.2) is 47.0 Å². The average molecular weight is 446 g/mol. The van der Waals surface area contributed by atoms with E-state index in [0.717, 1.165) is 61.6 Å². The van der Waals surface area contributed by atoms with E-state index in [4.69, 9.17) is 0 Å². The van der Waals surface area contributed by atoms with Crippen LogP contribution in [0, 0.1) is 0 Å². The zero-order valence-electron chi connectivity index (χ0n) is 15.7. The Morgan fingerprint density at radius 1 is 1.25 bits per heavy atom. The van der Waals surface area contributed by atoms with Gasteiger partial charge in [0.15, 0.2) is 0 Å². The standard InChI is InChI=1S/C21H25BrFN5/c22-21-4-3-16(14-26-21)13-24-18-5-8-27(9-6-18)10-11-28-7-1-2-19-20(28)12-17(23)15-25-19/h1-4,7,12,14-15,18,24-25H,5-6,8-11,13H2. The second-order valence-electron chi connectivity index (χ2n) is 7.30. The van der Waals surface area contributed by atoms with Crippen molar-refractivity contribution >= 4 is 15.9 Å². The van der Waals surface area contributed by atoms with Crippen molar-refractivity contribution in [3.8, 4) is 0 Å². The summed E-state index contributed by atoms with van der Waals surface area (Å²) in [5.74, 6) is -0.236. The molecule has 0 radical (unpaired) electrons. The van der Waals surface area contributed by atoms with Gasteiger partial charge in [0, 0.05) is 50.3 Å².